The van der Waals surface area contributed by atoms with Gasteiger partial charge in [0.1, 0.15) is 0 Å². The van der Waals surface area contributed by atoms with Gasteiger partial charge in [-0.2, -0.15) is 0 Å². The van der Waals surface area contributed by atoms with Crippen molar-refractivity contribution in [3.8, 4) is 0 Å². The first-order valence-electron chi connectivity index (χ1n) is 7.58. The highest BCUT2D eigenvalue weighted by atomic mass is 14.3. The smallest absolute Gasteiger partial charge is 0.0326 e. The Morgan fingerprint density at radius 3 is 1.65 bits per heavy atom. The van der Waals surface area contributed by atoms with E-state index in [2.05, 4.69) is 62.3 Å². The van der Waals surface area contributed by atoms with Crippen LogP contribution in [0.15, 0.2) is 0 Å². The molecule has 0 spiro atoms. The van der Waals surface area contributed by atoms with Crippen LogP contribution in [0.3, 0.4) is 0 Å². The van der Waals surface area contributed by atoms with Gasteiger partial charge in [-0.3, -0.25) is 0 Å². The van der Waals surface area contributed by atoms with Crippen LogP contribution >= 0.6 is 0 Å². The summed E-state index contributed by atoms with van der Waals surface area (Å²) in [6, 6.07) is 0. The standard InChI is InChI=1S/C17H36/c1-12(2)11-17(8,9)15(6)10-14(5)16(7)13(3)4/h12-16H,10-11H2,1-9H3. The van der Waals surface area contributed by atoms with E-state index >= 15 is 0 Å². The predicted octanol–water partition coefficient (Wildman–Crippen LogP) is 6.01. The van der Waals surface area contributed by atoms with E-state index in [0.29, 0.717) is 5.41 Å². The van der Waals surface area contributed by atoms with Gasteiger partial charge in [-0.25, -0.2) is 0 Å². The summed E-state index contributed by atoms with van der Waals surface area (Å²) in [6.07, 6.45) is 2.72. The second-order valence-corrected chi connectivity index (χ2v) is 7.80. The average molecular weight is 240 g/mol. The predicted molar refractivity (Wildman–Crippen MR) is 80.2 cm³/mol. The second kappa shape index (κ2) is 6.81. The molecule has 0 aromatic carbocycles. The van der Waals surface area contributed by atoms with Crippen LogP contribution in [0.1, 0.15) is 75.2 Å². The molecule has 0 N–H and O–H groups in total. The minimum atomic E-state index is 0.485. The first kappa shape index (κ1) is 17.0. The molecule has 3 atom stereocenters. The molecular formula is C17H36. The summed E-state index contributed by atoms with van der Waals surface area (Å²) in [6.45, 7) is 21.6. The zero-order chi connectivity index (χ0) is 13.8. The largest absolute Gasteiger partial charge is 0.0628 e. The van der Waals surface area contributed by atoms with Crippen molar-refractivity contribution in [1.82, 2.24) is 0 Å². The molecule has 0 aliphatic rings. The van der Waals surface area contributed by atoms with Crippen LogP contribution in [-0.4, -0.2) is 0 Å². The second-order valence-electron chi connectivity index (χ2n) is 7.80. The fourth-order valence-corrected chi connectivity index (χ4v) is 3.00. The number of hydrogen-bond donors (Lipinski definition) is 0. The highest BCUT2D eigenvalue weighted by Crippen LogP contribution is 2.39. The Kier molecular flexibility index (Phi) is 6.81. The molecule has 0 aliphatic carbocycles. The lowest BCUT2D eigenvalue weighted by atomic mass is 9.69. The third kappa shape index (κ3) is 5.93. The van der Waals surface area contributed by atoms with Crippen molar-refractivity contribution in [2.24, 2.45) is 35.0 Å². The lowest BCUT2D eigenvalue weighted by Gasteiger charge is -2.37. The lowest BCUT2D eigenvalue weighted by molar-refractivity contribution is 0.136. The molecule has 0 rings (SSSR count). The van der Waals surface area contributed by atoms with E-state index in [1.54, 1.807) is 0 Å². The lowest BCUT2D eigenvalue weighted by Crippen LogP contribution is -2.27. The Labute approximate surface area is 111 Å². The summed E-state index contributed by atoms with van der Waals surface area (Å²) in [7, 11) is 0. The fourth-order valence-electron chi connectivity index (χ4n) is 3.00. The van der Waals surface area contributed by atoms with Crippen LogP contribution in [0.25, 0.3) is 0 Å². The van der Waals surface area contributed by atoms with E-state index in [4.69, 9.17) is 0 Å². The molecule has 0 aliphatic heterocycles. The molecular weight excluding hydrogens is 204 g/mol. The van der Waals surface area contributed by atoms with Crippen molar-refractivity contribution in [1.29, 1.82) is 0 Å². The Morgan fingerprint density at radius 2 is 1.29 bits per heavy atom. The van der Waals surface area contributed by atoms with E-state index < -0.39 is 0 Å². The van der Waals surface area contributed by atoms with Crippen LogP contribution in [-0.2, 0) is 0 Å². The Morgan fingerprint density at radius 1 is 0.824 bits per heavy atom. The van der Waals surface area contributed by atoms with Crippen molar-refractivity contribution < 1.29 is 0 Å². The first-order valence-corrected chi connectivity index (χ1v) is 7.58. The highest BCUT2D eigenvalue weighted by Gasteiger charge is 2.29. The molecule has 104 valence electrons. The number of rotatable bonds is 7. The van der Waals surface area contributed by atoms with Crippen molar-refractivity contribution >= 4 is 0 Å². The van der Waals surface area contributed by atoms with Crippen molar-refractivity contribution in [2.75, 3.05) is 0 Å². The third-order valence-electron chi connectivity index (χ3n) is 4.94. The van der Waals surface area contributed by atoms with E-state index in [1.807, 2.05) is 0 Å². The monoisotopic (exact) mass is 240 g/mol. The van der Waals surface area contributed by atoms with Crippen LogP contribution in [0.5, 0.6) is 0 Å². The molecule has 0 fully saturated rings. The normalized spacial score (nSPS) is 18.5. The molecule has 0 heteroatoms. The van der Waals surface area contributed by atoms with Gasteiger partial charge in [0.05, 0.1) is 0 Å². The molecule has 17 heavy (non-hydrogen) atoms. The molecule has 3 unspecified atom stereocenters. The maximum absolute atomic E-state index is 2.45. The molecule has 0 radical (unpaired) electrons. The highest BCUT2D eigenvalue weighted by molar-refractivity contribution is 4.79. The minimum absolute atomic E-state index is 0.485. The summed E-state index contributed by atoms with van der Waals surface area (Å²) < 4.78 is 0. The molecule has 0 bridgehead atoms. The zero-order valence-electron chi connectivity index (χ0n) is 13.8. The summed E-state index contributed by atoms with van der Waals surface area (Å²) in [5.41, 5.74) is 0.485. The molecule has 0 saturated heterocycles. The summed E-state index contributed by atoms with van der Waals surface area (Å²) in [5.74, 6) is 4.13. The van der Waals surface area contributed by atoms with Gasteiger partial charge >= 0.3 is 0 Å². The van der Waals surface area contributed by atoms with Gasteiger partial charge in [0.15, 0.2) is 0 Å². The van der Waals surface area contributed by atoms with E-state index in [0.717, 1.165) is 29.6 Å². The quantitative estimate of drug-likeness (QED) is 0.511. The third-order valence-corrected chi connectivity index (χ3v) is 4.94. The van der Waals surface area contributed by atoms with Gasteiger partial charge in [-0.15, -0.1) is 0 Å². The Balaban J connectivity index is 4.37. The van der Waals surface area contributed by atoms with Crippen LogP contribution in [0.2, 0.25) is 0 Å². The van der Waals surface area contributed by atoms with E-state index in [1.165, 1.54) is 12.8 Å². The van der Waals surface area contributed by atoms with Gasteiger partial charge in [0.2, 0.25) is 0 Å². The maximum Gasteiger partial charge on any atom is -0.0326 e. The van der Waals surface area contributed by atoms with E-state index in [9.17, 15) is 0 Å². The summed E-state index contributed by atoms with van der Waals surface area (Å²) in [4.78, 5) is 0. The van der Waals surface area contributed by atoms with Crippen molar-refractivity contribution in [3.63, 3.8) is 0 Å². The number of hydrogen-bond acceptors (Lipinski definition) is 0. The molecule has 0 nitrogen and oxygen atoms in total. The van der Waals surface area contributed by atoms with Crippen molar-refractivity contribution in [3.05, 3.63) is 0 Å². The topological polar surface area (TPSA) is 0 Å². The minimum Gasteiger partial charge on any atom is -0.0628 e. The van der Waals surface area contributed by atoms with Gasteiger partial charge in [-0.1, -0.05) is 62.3 Å². The SMILES string of the molecule is CC(C)CC(C)(C)C(C)CC(C)C(C)C(C)C. The summed E-state index contributed by atoms with van der Waals surface area (Å²) >= 11 is 0. The zero-order valence-corrected chi connectivity index (χ0v) is 13.8. The van der Waals surface area contributed by atoms with Crippen LogP contribution < -0.4 is 0 Å². The van der Waals surface area contributed by atoms with Crippen LogP contribution in [0.4, 0.5) is 0 Å². The Bertz CT molecular complexity index is 200. The Hall–Kier alpha value is 0. The molecule has 0 saturated carbocycles. The molecule has 0 aromatic heterocycles. The summed E-state index contributed by atoms with van der Waals surface area (Å²) in [5, 5.41) is 0. The average Bonchev–Trinajstić information content (AvgIpc) is 2.13. The molecule has 0 aromatic rings. The van der Waals surface area contributed by atoms with Gasteiger partial charge < -0.3 is 0 Å². The molecule has 0 amide bonds. The van der Waals surface area contributed by atoms with Gasteiger partial charge in [0.25, 0.3) is 0 Å². The fraction of sp³-hybridized carbons (Fsp3) is 1.00. The van der Waals surface area contributed by atoms with Gasteiger partial charge in [-0.05, 0) is 47.8 Å². The maximum atomic E-state index is 2.45. The van der Waals surface area contributed by atoms with Gasteiger partial charge in [0, 0.05) is 0 Å². The van der Waals surface area contributed by atoms with E-state index in [-0.39, 0.29) is 0 Å². The van der Waals surface area contributed by atoms with Crippen LogP contribution in [0, 0.1) is 35.0 Å². The molecule has 0 heterocycles. The van der Waals surface area contributed by atoms with Crippen molar-refractivity contribution in [2.45, 2.75) is 75.2 Å². The first-order chi connectivity index (χ1) is 7.58.